The summed E-state index contributed by atoms with van der Waals surface area (Å²) in [6, 6.07) is 5.00. The molecule has 0 amide bonds. The number of rotatable bonds is 6. The standard InChI is InChI=1S/C19H19ClN2O3/c20-16-13(17(23)24)1-2-15(21-16)22-9-3-12(11-22)25-10-4-14-18(5-6-18)19(14)7-8-19/h1-3,9,11,14H,4-8,10H2,(H,23,24). The van der Waals surface area contributed by atoms with Crippen molar-refractivity contribution in [3.05, 3.63) is 41.3 Å². The second kappa shape index (κ2) is 5.01. The van der Waals surface area contributed by atoms with Crippen LogP contribution in [0, 0.1) is 16.7 Å². The lowest BCUT2D eigenvalue weighted by Gasteiger charge is -2.05. The maximum atomic E-state index is 11.0. The van der Waals surface area contributed by atoms with Crippen LogP contribution in [0.4, 0.5) is 0 Å². The smallest absolute Gasteiger partial charge is 0.338 e. The Hall–Kier alpha value is -2.01. The van der Waals surface area contributed by atoms with Crippen molar-refractivity contribution < 1.29 is 14.6 Å². The van der Waals surface area contributed by atoms with Gasteiger partial charge < -0.3 is 14.4 Å². The van der Waals surface area contributed by atoms with Gasteiger partial charge in [0.2, 0.25) is 0 Å². The molecule has 0 aliphatic heterocycles. The predicted molar refractivity (Wildman–Crippen MR) is 92.5 cm³/mol. The molecule has 6 heteroatoms. The van der Waals surface area contributed by atoms with Crippen LogP contribution in [0.25, 0.3) is 5.82 Å². The zero-order chi connectivity index (χ0) is 17.2. The van der Waals surface area contributed by atoms with Gasteiger partial charge in [0, 0.05) is 6.20 Å². The third kappa shape index (κ3) is 2.21. The van der Waals surface area contributed by atoms with Crippen molar-refractivity contribution >= 4 is 17.6 Å². The minimum absolute atomic E-state index is 0.00138. The van der Waals surface area contributed by atoms with Gasteiger partial charge in [-0.3, -0.25) is 0 Å². The fraction of sp³-hybridized carbons (Fsp3) is 0.474. The van der Waals surface area contributed by atoms with E-state index in [1.54, 1.807) is 10.6 Å². The number of ether oxygens (including phenoxy) is 1. The van der Waals surface area contributed by atoms with Crippen LogP contribution in [-0.4, -0.2) is 27.2 Å². The zero-order valence-corrected chi connectivity index (χ0v) is 14.5. The number of hydrogen-bond donors (Lipinski definition) is 1. The van der Waals surface area contributed by atoms with Gasteiger partial charge in [-0.25, -0.2) is 9.78 Å². The molecule has 25 heavy (non-hydrogen) atoms. The van der Waals surface area contributed by atoms with E-state index in [1.807, 2.05) is 18.5 Å². The van der Waals surface area contributed by atoms with Crippen molar-refractivity contribution in [3.8, 4) is 11.6 Å². The van der Waals surface area contributed by atoms with Crippen molar-refractivity contribution in [1.29, 1.82) is 0 Å². The van der Waals surface area contributed by atoms with Crippen molar-refractivity contribution in [1.82, 2.24) is 9.55 Å². The number of pyridine rings is 1. The number of carboxylic acids is 1. The van der Waals surface area contributed by atoms with E-state index in [-0.39, 0.29) is 10.7 Å². The molecule has 3 aliphatic rings. The summed E-state index contributed by atoms with van der Waals surface area (Å²) in [5.74, 6) is 1.19. The van der Waals surface area contributed by atoms with E-state index in [4.69, 9.17) is 21.4 Å². The Bertz CT molecular complexity index is 849. The van der Waals surface area contributed by atoms with Crippen LogP contribution in [0.3, 0.4) is 0 Å². The fourth-order valence-electron chi connectivity index (χ4n) is 4.98. The molecule has 130 valence electrons. The monoisotopic (exact) mass is 358 g/mol. The van der Waals surface area contributed by atoms with Gasteiger partial charge in [0.25, 0.3) is 0 Å². The summed E-state index contributed by atoms with van der Waals surface area (Å²) in [6.45, 7) is 0.754. The molecule has 1 N–H and O–H groups in total. The number of nitrogens with zero attached hydrogens (tertiary/aromatic N) is 2. The lowest BCUT2D eigenvalue weighted by molar-refractivity contribution is 0.0696. The van der Waals surface area contributed by atoms with Gasteiger partial charge in [-0.2, -0.15) is 0 Å². The van der Waals surface area contributed by atoms with Gasteiger partial charge in [-0.15, -0.1) is 0 Å². The molecule has 5 nitrogen and oxygen atoms in total. The summed E-state index contributed by atoms with van der Waals surface area (Å²) in [4.78, 5) is 15.1. The van der Waals surface area contributed by atoms with Gasteiger partial charge in [0.15, 0.2) is 0 Å². The lowest BCUT2D eigenvalue weighted by Crippen LogP contribution is -2.02. The Morgan fingerprint density at radius 3 is 2.60 bits per heavy atom. The Labute approximate surface area is 150 Å². The number of aromatic carboxylic acids is 1. The molecule has 3 fully saturated rings. The van der Waals surface area contributed by atoms with E-state index < -0.39 is 5.97 Å². The van der Waals surface area contributed by atoms with Crippen LogP contribution in [0.2, 0.25) is 5.15 Å². The molecule has 2 aromatic heterocycles. The maximum Gasteiger partial charge on any atom is 0.338 e. The van der Waals surface area contributed by atoms with E-state index in [0.717, 1.165) is 35.5 Å². The van der Waals surface area contributed by atoms with Crippen LogP contribution in [0.1, 0.15) is 42.5 Å². The summed E-state index contributed by atoms with van der Waals surface area (Å²) in [7, 11) is 0. The molecule has 3 aliphatic carbocycles. The molecular weight excluding hydrogens is 340 g/mol. The summed E-state index contributed by atoms with van der Waals surface area (Å²) >= 11 is 5.94. The largest absolute Gasteiger partial charge is 0.492 e. The number of carbonyl (C=O) groups is 1. The highest BCUT2D eigenvalue weighted by Crippen LogP contribution is 2.93. The van der Waals surface area contributed by atoms with Crippen LogP contribution in [0.15, 0.2) is 30.6 Å². The summed E-state index contributed by atoms with van der Waals surface area (Å²) in [5.41, 5.74) is 1.46. The van der Waals surface area contributed by atoms with Gasteiger partial charge in [0.05, 0.1) is 18.4 Å². The molecule has 5 rings (SSSR count). The molecule has 3 saturated carbocycles. The van der Waals surface area contributed by atoms with Crippen LogP contribution >= 0.6 is 11.6 Å². The maximum absolute atomic E-state index is 11.0. The van der Waals surface area contributed by atoms with Crippen LogP contribution in [0.5, 0.6) is 5.75 Å². The predicted octanol–water partition coefficient (Wildman–Crippen LogP) is 4.18. The molecule has 0 saturated heterocycles. The molecule has 2 spiro atoms. The van der Waals surface area contributed by atoms with E-state index >= 15 is 0 Å². The molecule has 0 bridgehead atoms. The van der Waals surface area contributed by atoms with Gasteiger partial charge >= 0.3 is 5.97 Å². The highest BCUT2D eigenvalue weighted by molar-refractivity contribution is 6.32. The highest BCUT2D eigenvalue weighted by Gasteiger charge is 2.85. The first kappa shape index (κ1) is 15.3. The highest BCUT2D eigenvalue weighted by atomic mass is 35.5. The molecular formula is C19H19ClN2O3. The van der Waals surface area contributed by atoms with Crippen LogP contribution in [-0.2, 0) is 0 Å². The molecule has 2 aromatic rings. The van der Waals surface area contributed by atoms with Crippen molar-refractivity contribution in [3.63, 3.8) is 0 Å². The molecule has 0 aromatic carbocycles. The van der Waals surface area contributed by atoms with E-state index in [2.05, 4.69) is 4.98 Å². The number of aromatic nitrogens is 2. The number of hydrogen-bond acceptors (Lipinski definition) is 3. The van der Waals surface area contributed by atoms with Gasteiger partial charge in [-0.05, 0) is 67.1 Å². The summed E-state index contributed by atoms with van der Waals surface area (Å²) in [6.07, 6.45) is 10.6. The third-order valence-corrected chi connectivity index (χ3v) is 6.78. The average molecular weight is 359 g/mol. The first-order valence-corrected chi connectivity index (χ1v) is 9.15. The first-order valence-electron chi connectivity index (χ1n) is 8.77. The lowest BCUT2D eigenvalue weighted by atomic mass is 10.2. The van der Waals surface area contributed by atoms with Crippen LogP contribution < -0.4 is 4.74 Å². The minimum Gasteiger partial charge on any atom is -0.492 e. The molecule has 0 unspecified atom stereocenters. The topological polar surface area (TPSA) is 64.3 Å². The molecule has 2 heterocycles. The van der Waals surface area contributed by atoms with Gasteiger partial charge in [-0.1, -0.05) is 11.6 Å². The normalized spacial score (nSPS) is 21.5. The Balaban J connectivity index is 1.22. The summed E-state index contributed by atoms with van der Waals surface area (Å²) in [5, 5.41) is 9.00. The number of fused-ring (bicyclic) bond motifs is 1. The van der Waals surface area contributed by atoms with E-state index in [1.165, 1.54) is 31.7 Å². The second-order valence-electron chi connectivity index (χ2n) is 7.57. The molecule has 0 atom stereocenters. The summed E-state index contributed by atoms with van der Waals surface area (Å²) < 4.78 is 7.70. The number of carboxylic acid groups (broad SMARTS) is 1. The second-order valence-corrected chi connectivity index (χ2v) is 7.93. The third-order valence-electron chi connectivity index (χ3n) is 6.49. The Morgan fingerprint density at radius 1 is 1.28 bits per heavy atom. The Kier molecular flexibility index (Phi) is 3.06. The number of halogens is 1. The van der Waals surface area contributed by atoms with E-state index in [0.29, 0.717) is 5.82 Å². The fourth-order valence-corrected chi connectivity index (χ4v) is 5.21. The SMILES string of the molecule is O=C(O)c1ccc(-n2ccc(OCCC3C4(CC4)C34CC4)c2)nc1Cl. The minimum atomic E-state index is -1.08. The molecule has 0 radical (unpaired) electrons. The van der Waals surface area contributed by atoms with E-state index in [9.17, 15) is 4.79 Å². The quantitative estimate of drug-likeness (QED) is 0.786. The van der Waals surface area contributed by atoms with Gasteiger partial charge in [0.1, 0.15) is 16.7 Å². The average Bonchev–Trinajstić information content (AvgIpc) is 3.53. The first-order chi connectivity index (χ1) is 12.1. The van der Waals surface area contributed by atoms with Crippen molar-refractivity contribution in [2.24, 2.45) is 16.7 Å². The van der Waals surface area contributed by atoms with Crippen molar-refractivity contribution in [2.45, 2.75) is 32.1 Å². The van der Waals surface area contributed by atoms with Crippen molar-refractivity contribution in [2.75, 3.05) is 6.61 Å². The zero-order valence-electron chi connectivity index (χ0n) is 13.7. The Morgan fingerprint density at radius 2 is 2.00 bits per heavy atom.